The van der Waals surface area contributed by atoms with Crippen molar-refractivity contribution < 1.29 is 9.84 Å². The maximum atomic E-state index is 11.1. The Morgan fingerprint density at radius 2 is 2.42 bits per heavy atom. The largest absolute Gasteiger partial charge is 0.389 e. The zero-order valence-electron chi connectivity index (χ0n) is 11.6. The first-order valence-electron chi connectivity index (χ1n) is 7.50. The molecule has 1 aromatic heterocycles. The molecule has 3 nitrogen and oxygen atoms in total. The maximum absolute atomic E-state index is 11.1. The summed E-state index contributed by atoms with van der Waals surface area (Å²) in [7, 11) is 0. The van der Waals surface area contributed by atoms with Crippen LogP contribution >= 0.6 is 0 Å². The first-order chi connectivity index (χ1) is 9.23. The fourth-order valence-corrected chi connectivity index (χ4v) is 3.67. The highest BCUT2D eigenvalue weighted by atomic mass is 16.5. The van der Waals surface area contributed by atoms with E-state index < -0.39 is 5.60 Å². The molecule has 1 aromatic rings. The number of nitrogens with zero attached hydrogens (tertiary/aromatic N) is 1. The quantitative estimate of drug-likeness (QED) is 0.890. The lowest BCUT2D eigenvalue weighted by Crippen LogP contribution is -2.46. The molecule has 1 N–H and O–H groups in total. The van der Waals surface area contributed by atoms with E-state index in [1.54, 1.807) is 0 Å². The summed E-state index contributed by atoms with van der Waals surface area (Å²) in [6.07, 6.45) is 7.84. The SMILES string of the molecule is CCC1CC(O)(C2CCCc3cccnc32)CCO1. The highest BCUT2D eigenvalue weighted by Crippen LogP contribution is 2.44. The van der Waals surface area contributed by atoms with E-state index in [-0.39, 0.29) is 12.0 Å². The average molecular weight is 261 g/mol. The van der Waals surface area contributed by atoms with Crippen LogP contribution in [0.3, 0.4) is 0 Å². The molecule has 3 heteroatoms. The van der Waals surface area contributed by atoms with Crippen molar-refractivity contribution in [2.45, 2.75) is 63.1 Å². The predicted octanol–water partition coefficient (Wildman–Crippen LogP) is 2.82. The topological polar surface area (TPSA) is 42.4 Å². The zero-order chi connectivity index (χ0) is 13.3. The van der Waals surface area contributed by atoms with E-state index in [9.17, 15) is 5.11 Å². The van der Waals surface area contributed by atoms with E-state index >= 15 is 0 Å². The predicted molar refractivity (Wildman–Crippen MR) is 74.1 cm³/mol. The number of hydrogen-bond acceptors (Lipinski definition) is 3. The minimum Gasteiger partial charge on any atom is -0.389 e. The van der Waals surface area contributed by atoms with Gasteiger partial charge in [0.05, 0.1) is 11.7 Å². The van der Waals surface area contributed by atoms with Crippen molar-refractivity contribution in [2.24, 2.45) is 0 Å². The molecule has 3 atom stereocenters. The van der Waals surface area contributed by atoms with Gasteiger partial charge < -0.3 is 9.84 Å². The van der Waals surface area contributed by atoms with Crippen LogP contribution in [0, 0.1) is 0 Å². The molecule has 19 heavy (non-hydrogen) atoms. The monoisotopic (exact) mass is 261 g/mol. The van der Waals surface area contributed by atoms with Gasteiger partial charge in [-0.3, -0.25) is 4.98 Å². The lowest BCUT2D eigenvalue weighted by Gasteiger charge is -2.43. The van der Waals surface area contributed by atoms with Crippen molar-refractivity contribution >= 4 is 0 Å². The number of pyridine rings is 1. The van der Waals surface area contributed by atoms with Gasteiger partial charge in [0.1, 0.15) is 0 Å². The Labute approximate surface area is 115 Å². The molecule has 1 aliphatic carbocycles. The molecule has 2 aliphatic rings. The smallest absolute Gasteiger partial charge is 0.0777 e. The first-order valence-corrected chi connectivity index (χ1v) is 7.50. The maximum Gasteiger partial charge on any atom is 0.0777 e. The number of aryl methyl sites for hydroxylation is 1. The van der Waals surface area contributed by atoms with Gasteiger partial charge in [-0.1, -0.05) is 13.0 Å². The standard InChI is InChI=1S/C16H23NO2/c1-2-13-11-16(18,8-10-19-13)14-7-3-5-12-6-4-9-17-15(12)14/h4,6,9,13-14,18H,2-3,5,7-8,10-11H2,1H3. The van der Waals surface area contributed by atoms with Crippen LogP contribution in [0.1, 0.15) is 56.2 Å². The van der Waals surface area contributed by atoms with Gasteiger partial charge in [-0.25, -0.2) is 0 Å². The second-order valence-corrected chi connectivity index (χ2v) is 5.95. The summed E-state index contributed by atoms with van der Waals surface area (Å²) in [5.41, 5.74) is 1.84. The minimum absolute atomic E-state index is 0.190. The van der Waals surface area contributed by atoms with Gasteiger partial charge in [-0.15, -0.1) is 0 Å². The summed E-state index contributed by atoms with van der Waals surface area (Å²) in [4.78, 5) is 4.57. The molecule has 0 saturated carbocycles. The molecule has 0 amide bonds. The third kappa shape index (κ3) is 2.41. The molecular formula is C16H23NO2. The summed E-state index contributed by atoms with van der Waals surface area (Å²) in [6, 6.07) is 4.17. The molecule has 1 saturated heterocycles. The summed E-state index contributed by atoms with van der Waals surface area (Å²) in [6.45, 7) is 2.80. The Balaban J connectivity index is 1.89. The van der Waals surface area contributed by atoms with Crippen molar-refractivity contribution in [3.63, 3.8) is 0 Å². The molecule has 0 aromatic carbocycles. The van der Waals surface area contributed by atoms with Gasteiger partial charge in [0.2, 0.25) is 0 Å². The van der Waals surface area contributed by atoms with E-state index in [1.165, 1.54) is 5.56 Å². The molecule has 3 unspecified atom stereocenters. The Hall–Kier alpha value is -0.930. The van der Waals surface area contributed by atoms with Crippen LogP contribution in [0.4, 0.5) is 0 Å². The van der Waals surface area contributed by atoms with Gasteiger partial charge in [-0.05, 0) is 37.3 Å². The Morgan fingerprint density at radius 3 is 3.26 bits per heavy atom. The van der Waals surface area contributed by atoms with E-state index in [4.69, 9.17) is 4.74 Å². The summed E-state index contributed by atoms with van der Waals surface area (Å²) in [5, 5.41) is 11.1. The van der Waals surface area contributed by atoms with Crippen LogP contribution in [-0.4, -0.2) is 28.4 Å². The molecule has 0 radical (unpaired) electrons. The highest BCUT2D eigenvalue weighted by molar-refractivity contribution is 5.28. The van der Waals surface area contributed by atoms with Gasteiger partial charge in [-0.2, -0.15) is 0 Å². The lowest BCUT2D eigenvalue weighted by atomic mass is 9.71. The summed E-state index contributed by atoms with van der Waals surface area (Å²) in [5.74, 6) is 0.190. The molecule has 1 fully saturated rings. The Kier molecular flexibility index (Phi) is 3.59. The number of aromatic nitrogens is 1. The third-order valence-electron chi connectivity index (χ3n) is 4.77. The van der Waals surface area contributed by atoms with Crippen LogP contribution in [0.5, 0.6) is 0 Å². The van der Waals surface area contributed by atoms with Gasteiger partial charge in [0.25, 0.3) is 0 Å². The average Bonchev–Trinajstić information content (AvgIpc) is 2.46. The normalized spacial score (nSPS) is 34.8. The first kappa shape index (κ1) is 13.1. The van der Waals surface area contributed by atoms with Crippen molar-refractivity contribution in [1.82, 2.24) is 4.98 Å². The molecular weight excluding hydrogens is 238 g/mol. The van der Waals surface area contributed by atoms with E-state index in [2.05, 4.69) is 18.0 Å². The number of ether oxygens (including phenoxy) is 1. The highest BCUT2D eigenvalue weighted by Gasteiger charge is 2.44. The summed E-state index contributed by atoms with van der Waals surface area (Å²) < 4.78 is 5.72. The van der Waals surface area contributed by atoms with Crippen molar-refractivity contribution in [1.29, 1.82) is 0 Å². The molecule has 104 valence electrons. The van der Waals surface area contributed by atoms with E-state index in [0.717, 1.165) is 44.2 Å². The zero-order valence-corrected chi connectivity index (χ0v) is 11.6. The molecule has 3 rings (SSSR count). The number of fused-ring (bicyclic) bond motifs is 1. The molecule has 0 spiro atoms. The van der Waals surface area contributed by atoms with Crippen molar-refractivity contribution in [3.8, 4) is 0 Å². The fraction of sp³-hybridized carbons (Fsp3) is 0.688. The summed E-state index contributed by atoms with van der Waals surface area (Å²) >= 11 is 0. The van der Waals surface area contributed by atoms with Crippen molar-refractivity contribution in [3.05, 3.63) is 29.6 Å². The molecule has 2 heterocycles. The van der Waals surface area contributed by atoms with Crippen LogP contribution < -0.4 is 0 Å². The number of aliphatic hydroxyl groups is 1. The lowest BCUT2D eigenvalue weighted by molar-refractivity contribution is -0.119. The molecule has 1 aliphatic heterocycles. The van der Waals surface area contributed by atoms with Crippen LogP contribution in [0.2, 0.25) is 0 Å². The van der Waals surface area contributed by atoms with Crippen LogP contribution in [0.15, 0.2) is 18.3 Å². The van der Waals surface area contributed by atoms with E-state index in [1.807, 2.05) is 12.3 Å². The number of rotatable bonds is 2. The van der Waals surface area contributed by atoms with E-state index in [0.29, 0.717) is 6.61 Å². The van der Waals surface area contributed by atoms with Gasteiger partial charge >= 0.3 is 0 Å². The Morgan fingerprint density at radius 1 is 1.53 bits per heavy atom. The second kappa shape index (κ2) is 5.22. The second-order valence-electron chi connectivity index (χ2n) is 5.95. The van der Waals surface area contributed by atoms with Crippen molar-refractivity contribution in [2.75, 3.05) is 6.61 Å². The number of hydrogen-bond donors (Lipinski definition) is 1. The van der Waals surface area contributed by atoms with Gasteiger partial charge in [0.15, 0.2) is 0 Å². The van der Waals surface area contributed by atoms with Gasteiger partial charge in [0, 0.05) is 37.3 Å². The third-order valence-corrected chi connectivity index (χ3v) is 4.77. The Bertz CT molecular complexity index is 448. The molecule has 0 bridgehead atoms. The minimum atomic E-state index is -0.623. The fourth-order valence-electron chi connectivity index (χ4n) is 3.67. The van der Waals surface area contributed by atoms with Crippen LogP contribution in [-0.2, 0) is 11.2 Å². The van der Waals surface area contributed by atoms with Crippen LogP contribution in [0.25, 0.3) is 0 Å².